The molecule has 2 heterocycles. The predicted molar refractivity (Wildman–Crippen MR) is 158 cm³/mol. The lowest BCUT2D eigenvalue weighted by molar-refractivity contribution is -0.119. The van der Waals surface area contributed by atoms with Crippen molar-refractivity contribution < 1.29 is 9.90 Å². The summed E-state index contributed by atoms with van der Waals surface area (Å²) in [6.45, 7) is 4.57. The Morgan fingerprint density at radius 2 is 1.74 bits per heavy atom. The van der Waals surface area contributed by atoms with Crippen molar-refractivity contribution in [2.45, 2.75) is 6.54 Å². The van der Waals surface area contributed by atoms with E-state index >= 15 is 0 Å². The van der Waals surface area contributed by atoms with Crippen molar-refractivity contribution in [3.05, 3.63) is 88.4 Å². The summed E-state index contributed by atoms with van der Waals surface area (Å²) < 4.78 is 0. The summed E-state index contributed by atoms with van der Waals surface area (Å²) in [7, 11) is 3.90. The quantitative estimate of drug-likeness (QED) is 0.300. The number of nitrogens with zero attached hydrogens (tertiary/aromatic N) is 4. The summed E-state index contributed by atoms with van der Waals surface area (Å²) in [6, 6.07) is 20.8. The summed E-state index contributed by atoms with van der Waals surface area (Å²) >= 11 is 6.19. The highest BCUT2D eigenvalue weighted by Gasteiger charge is 2.21. The number of nitrogens with one attached hydrogen (secondary N) is 1. The van der Waals surface area contributed by atoms with Crippen LogP contribution in [0.4, 0.5) is 11.4 Å². The third kappa shape index (κ3) is 5.99. The Kier molecular flexibility index (Phi) is 7.99. The molecule has 1 saturated heterocycles. The molecule has 4 N–H and O–H groups in total. The SMILES string of the molecule is CN1CCN(CC(=O)N(C)c2ccc(N=C(c3ccc(CN)cc3)c3c(O)[nH]c4cc(Cl)ccc34)cc2)CC1. The van der Waals surface area contributed by atoms with Crippen LogP contribution in [-0.4, -0.2) is 78.3 Å². The van der Waals surface area contributed by atoms with E-state index in [4.69, 9.17) is 22.3 Å². The molecule has 4 aromatic rings. The van der Waals surface area contributed by atoms with Gasteiger partial charge < -0.3 is 25.6 Å². The fraction of sp³-hybridized carbons (Fsp3) is 0.267. The molecule has 39 heavy (non-hydrogen) atoms. The number of aromatic nitrogens is 1. The molecule has 1 amide bonds. The van der Waals surface area contributed by atoms with E-state index in [9.17, 15) is 9.90 Å². The van der Waals surface area contributed by atoms with E-state index < -0.39 is 0 Å². The van der Waals surface area contributed by atoms with Crippen molar-refractivity contribution in [3.63, 3.8) is 0 Å². The van der Waals surface area contributed by atoms with Crippen LogP contribution in [0.2, 0.25) is 5.02 Å². The molecule has 0 saturated carbocycles. The third-order valence-corrected chi connectivity index (χ3v) is 7.48. The predicted octanol–water partition coefficient (Wildman–Crippen LogP) is 4.36. The van der Waals surface area contributed by atoms with Gasteiger partial charge in [0.15, 0.2) is 5.88 Å². The van der Waals surface area contributed by atoms with Gasteiger partial charge in [-0.1, -0.05) is 41.9 Å². The molecule has 0 bridgehead atoms. The molecule has 0 unspecified atom stereocenters. The van der Waals surface area contributed by atoms with Crippen LogP contribution in [0.5, 0.6) is 5.88 Å². The maximum atomic E-state index is 12.9. The minimum absolute atomic E-state index is 0.0137. The van der Waals surface area contributed by atoms with Crippen LogP contribution < -0.4 is 10.6 Å². The average Bonchev–Trinajstić information content (AvgIpc) is 3.27. The summed E-state index contributed by atoms with van der Waals surface area (Å²) in [5.41, 5.74) is 11.0. The summed E-state index contributed by atoms with van der Waals surface area (Å²) in [6.07, 6.45) is 0. The smallest absolute Gasteiger partial charge is 0.240 e. The number of hydrogen-bond acceptors (Lipinski definition) is 6. The molecule has 3 aromatic carbocycles. The number of carbonyl (C=O) groups is 1. The van der Waals surface area contributed by atoms with Gasteiger partial charge >= 0.3 is 0 Å². The van der Waals surface area contributed by atoms with Crippen LogP contribution in [0.25, 0.3) is 10.9 Å². The fourth-order valence-corrected chi connectivity index (χ4v) is 4.96. The van der Waals surface area contributed by atoms with E-state index in [-0.39, 0.29) is 11.8 Å². The van der Waals surface area contributed by atoms with E-state index in [0.29, 0.717) is 35.1 Å². The molecular weight excluding hydrogens is 512 g/mol. The number of hydrogen-bond donors (Lipinski definition) is 3. The molecule has 1 aliphatic rings. The molecule has 0 radical (unpaired) electrons. The minimum atomic E-state index is 0.0137. The summed E-state index contributed by atoms with van der Waals surface area (Å²) in [4.78, 5) is 27.1. The van der Waals surface area contributed by atoms with Crippen molar-refractivity contribution >= 4 is 45.5 Å². The Morgan fingerprint density at radius 3 is 2.41 bits per heavy atom. The number of rotatable bonds is 7. The maximum absolute atomic E-state index is 12.9. The van der Waals surface area contributed by atoms with E-state index in [0.717, 1.165) is 53.9 Å². The van der Waals surface area contributed by atoms with Gasteiger partial charge in [0.2, 0.25) is 5.91 Å². The molecule has 202 valence electrons. The normalized spacial score (nSPS) is 15.1. The highest BCUT2D eigenvalue weighted by atomic mass is 35.5. The number of aromatic amines is 1. The zero-order chi connectivity index (χ0) is 27.5. The summed E-state index contributed by atoms with van der Waals surface area (Å²) in [5, 5.41) is 12.3. The second-order valence-electron chi connectivity index (χ2n) is 9.95. The zero-order valence-corrected chi connectivity index (χ0v) is 22.9. The lowest BCUT2D eigenvalue weighted by Crippen LogP contribution is -2.48. The number of amides is 1. The lowest BCUT2D eigenvalue weighted by Gasteiger charge is -2.32. The molecule has 0 spiro atoms. The van der Waals surface area contributed by atoms with Gasteiger partial charge in [-0.05, 0) is 49.0 Å². The van der Waals surface area contributed by atoms with Gasteiger partial charge in [0, 0.05) is 61.4 Å². The van der Waals surface area contributed by atoms with Gasteiger partial charge in [0.05, 0.1) is 29.0 Å². The molecular formula is C30H33ClN6O2. The number of aromatic hydroxyl groups is 1. The lowest BCUT2D eigenvalue weighted by atomic mass is 9.99. The molecule has 0 atom stereocenters. The Labute approximate surface area is 233 Å². The van der Waals surface area contributed by atoms with Gasteiger partial charge in [-0.15, -0.1) is 0 Å². The number of likely N-dealkylation sites (N-methyl/N-ethyl adjacent to an activating group) is 2. The molecule has 1 aromatic heterocycles. The zero-order valence-electron chi connectivity index (χ0n) is 22.2. The monoisotopic (exact) mass is 544 g/mol. The summed E-state index contributed by atoms with van der Waals surface area (Å²) in [5.74, 6) is 0.0682. The number of anilines is 1. The van der Waals surface area contributed by atoms with Crippen molar-refractivity contribution in [2.24, 2.45) is 10.7 Å². The first-order valence-corrected chi connectivity index (χ1v) is 13.4. The number of H-pyrrole nitrogens is 1. The first kappa shape index (κ1) is 26.9. The Hall–Kier alpha value is -3.69. The number of aliphatic imine (C=N–C) groups is 1. The first-order valence-electron chi connectivity index (χ1n) is 13.0. The van der Waals surface area contributed by atoms with Crippen LogP contribution >= 0.6 is 11.6 Å². The molecule has 5 rings (SSSR count). The van der Waals surface area contributed by atoms with E-state index in [2.05, 4.69) is 21.8 Å². The van der Waals surface area contributed by atoms with Crippen LogP contribution in [0, 0.1) is 0 Å². The molecule has 8 nitrogen and oxygen atoms in total. The Bertz CT molecular complexity index is 1490. The Morgan fingerprint density at radius 1 is 1.05 bits per heavy atom. The largest absolute Gasteiger partial charge is 0.494 e. The third-order valence-electron chi connectivity index (χ3n) is 7.25. The van der Waals surface area contributed by atoms with Crippen LogP contribution in [0.1, 0.15) is 16.7 Å². The highest BCUT2D eigenvalue weighted by Crippen LogP contribution is 2.33. The van der Waals surface area contributed by atoms with Gasteiger partial charge in [-0.2, -0.15) is 0 Å². The molecule has 1 fully saturated rings. The van der Waals surface area contributed by atoms with Crippen LogP contribution in [-0.2, 0) is 11.3 Å². The number of fused-ring (bicyclic) bond motifs is 1. The van der Waals surface area contributed by atoms with Crippen LogP contribution in [0.15, 0.2) is 71.7 Å². The number of carbonyl (C=O) groups excluding carboxylic acids is 1. The van der Waals surface area contributed by atoms with E-state index in [1.165, 1.54) is 0 Å². The van der Waals surface area contributed by atoms with Crippen molar-refractivity contribution in [1.29, 1.82) is 0 Å². The standard InChI is InChI=1S/C30H33ClN6O2/c1-35-13-15-37(16-14-35)19-27(38)36(2)24-10-8-23(9-11-24)33-29(21-5-3-20(18-32)4-6-21)28-25-12-7-22(31)17-26(25)34-30(28)39/h3-12,17,34,39H,13-16,18-19,32H2,1-2H3. The van der Waals surface area contributed by atoms with Crippen LogP contribution in [0.3, 0.4) is 0 Å². The highest BCUT2D eigenvalue weighted by molar-refractivity contribution is 6.31. The van der Waals surface area contributed by atoms with E-state index in [1.807, 2.05) is 54.6 Å². The first-order chi connectivity index (χ1) is 18.8. The minimum Gasteiger partial charge on any atom is -0.494 e. The topological polar surface area (TPSA) is 101 Å². The molecule has 9 heteroatoms. The number of halogens is 1. The second kappa shape index (κ2) is 11.6. The maximum Gasteiger partial charge on any atom is 0.240 e. The Balaban J connectivity index is 1.45. The van der Waals surface area contributed by atoms with Gasteiger partial charge in [-0.3, -0.25) is 9.69 Å². The number of benzene rings is 3. The number of piperazine rings is 1. The van der Waals surface area contributed by atoms with Crippen molar-refractivity contribution in [1.82, 2.24) is 14.8 Å². The fourth-order valence-electron chi connectivity index (χ4n) is 4.79. The average molecular weight is 545 g/mol. The molecule has 1 aliphatic heterocycles. The van der Waals surface area contributed by atoms with Gasteiger partial charge in [0.25, 0.3) is 0 Å². The second-order valence-corrected chi connectivity index (χ2v) is 10.4. The van der Waals surface area contributed by atoms with Crippen molar-refractivity contribution in [3.8, 4) is 5.88 Å². The van der Waals surface area contributed by atoms with E-state index in [1.54, 1.807) is 24.1 Å². The van der Waals surface area contributed by atoms with Gasteiger partial charge in [-0.25, -0.2) is 4.99 Å². The van der Waals surface area contributed by atoms with Crippen molar-refractivity contribution in [2.75, 3.05) is 51.7 Å². The molecule has 0 aliphatic carbocycles. The number of nitrogens with two attached hydrogens (primary N) is 1. The van der Waals surface area contributed by atoms with Gasteiger partial charge in [0.1, 0.15) is 0 Å².